The largest absolute Gasteiger partial charge is 0.356 e. The maximum absolute atomic E-state index is 11.3. The van der Waals surface area contributed by atoms with Crippen LogP contribution in [0.15, 0.2) is 17.1 Å². The number of hydrogen-bond donors (Lipinski definition) is 2. The zero-order chi connectivity index (χ0) is 9.80. The van der Waals surface area contributed by atoms with E-state index in [2.05, 4.69) is 27.8 Å². The van der Waals surface area contributed by atoms with Crippen molar-refractivity contribution in [3.63, 3.8) is 0 Å². The number of guanidine groups is 1. The molecule has 0 aromatic rings. The fraction of sp³-hybridized carbons (Fsp3) is 0.600. The van der Waals surface area contributed by atoms with Gasteiger partial charge in [0.05, 0.1) is 6.54 Å². The van der Waals surface area contributed by atoms with Crippen LogP contribution in [0.3, 0.4) is 0 Å². The van der Waals surface area contributed by atoms with Gasteiger partial charge in [0.15, 0.2) is 5.96 Å². The molecule has 0 saturated heterocycles. The van der Waals surface area contributed by atoms with E-state index in [1.807, 2.05) is 0 Å². The number of rotatable bonds is 5. The smallest absolute Gasteiger partial charge is 0.191 e. The zero-order valence-corrected chi connectivity index (χ0v) is 8.12. The molecule has 76 valence electrons. The Morgan fingerprint density at radius 1 is 1.64 bits per heavy atom. The summed E-state index contributed by atoms with van der Waals surface area (Å²) >= 11 is 0. The molecule has 0 unspecified atom stereocenters. The predicted molar refractivity (Wildman–Crippen MR) is 55.2 cm³/mol. The van der Waals surface area contributed by atoms with Crippen molar-refractivity contribution >= 4 is 11.7 Å². The molecule has 4 heteroatoms. The highest BCUT2D eigenvalue weighted by molar-refractivity contribution is 5.83. The molecule has 0 aromatic heterocycles. The van der Waals surface area contributed by atoms with E-state index in [-0.39, 0.29) is 0 Å². The average molecular weight is 193 g/mol. The van der Waals surface area contributed by atoms with Crippen LogP contribution in [-0.2, 0) is 4.79 Å². The molecule has 1 aliphatic carbocycles. The lowest BCUT2D eigenvalue weighted by Gasteiger charge is -2.05. The summed E-state index contributed by atoms with van der Waals surface area (Å²) in [6.07, 6.45) is 5.41. The minimum atomic E-state index is 0.325. The third-order valence-corrected chi connectivity index (χ3v) is 2.30. The topological polar surface area (TPSA) is 53.5 Å². The molecule has 2 rings (SSSR count). The van der Waals surface area contributed by atoms with E-state index in [1.54, 1.807) is 0 Å². The summed E-state index contributed by atoms with van der Waals surface area (Å²) in [6.45, 7) is 2.43. The Kier molecular flexibility index (Phi) is 2.81. The first-order valence-electron chi connectivity index (χ1n) is 5.07. The Bertz CT molecular complexity index is 277. The van der Waals surface area contributed by atoms with Crippen molar-refractivity contribution in [2.75, 3.05) is 19.6 Å². The highest BCUT2D eigenvalue weighted by Crippen LogP contribution is 2.20. The van der Waals surface area contributed by atoms with E-state index in [0.29, 0.717) is 31.1 Å². The average Bonchev–Trinajstić information content (AvgIpc) is 2.82. The monoisotopic (exact) mass is 193 g/mol. The molecule has 0 radical (unpaired) electrons. The summed E-state index contributed by atoms with van der Waals surface area (Å²) < 4.78 is 0. The number of allylic oxidation sites excluding steroid dienone is 2. The van der Waals surface area contributed by atoms with E-state index >= 15 is 0 Å². The number of nitrogens with one attached hydrogen (secondary N) is 2. The second-order valence-corrected chi connectivity index (χ2v) is 3.63. The van der Waals surface area contributed by atoms with Gasteiger partial charge in [-0.05, 0) is 0 Å². The first-order chi connectivity index (χ1) is 6.84. The van der Waals surface area contributed by atoms with Crippen molar-refractivity contribution in [2.24, 2.45) is 10.9 Å². The van der Waals surface area contributed by atoms with Gasteiger partial charge in [-0.2, -0.15) is 0 Å². The lowest BCUT2D eigenvalue weighted by Crippen LogP contribution is -2.35. The molecule has 1 heterocycles. The molecule has 0 amide bonds. The quantitative estimate of drug-likeness (QED) is 0.607. The van der Waals surface area contributed by atoms with Gasteiger partial charge in [-0.25, -0.2) is 0 Å². The van der Waals surface area contributed by atoms with Crippen molar-refractivity contribution < 1.29 is 4.79 Å². The molecule has 2 N–H and O–H groups in total. The first kappa shape index (κ1) is 9.24. The fourth-order valence-corrected chi connectivity index (χ4v) is 1.42. The minimum absolute atomic E-state index is 0.325. The van der Waals surface area contributed by atoms with Crippen LogP contribution in [0.25, 0.3) is 0 Å². The molecule has 1 aliphatic heterocycles. The van der Waals surface area contributed by atoms with Crippen LogP contribution in [0, 0.1) is 5.92 Å². The second kappa shape index (κ2) is 4.26. The first-order valence-corrected chi connectivity index (χ1v) is 5.07. The molecule has 4 nitrogen and oxygen atoms in total. The van der Waals surface area contributed by atoms with Crippen LogP contribution in [0.1, 0.15) is 12.8 Å². The van der Waals surface area contributed by atoms with Crippen molar-refractivity contribution in [3.05, 3.63) is 12.2 Å². The summed E-state index contributed by atoms with van der Waals surface area (Å²) in [6, 6.07) is 0. The number of carbonyl (C=O) groups is 1. The second-order valence-electron chi connectivity index (χ2n) is 3.63. The van der Waals surface area contributed by atoms with Crippen LogP contribution in [-0.4, -0.2) is 31.4 Å². The van der Waals surface area contributed by atoms with E-state index in [0.717, 1.165) is 19.0 Å². The van der Waals surface area contributed by atoms with Crippen molar-refractivity contribution in [3.8, 4) is 0 Å². The Morgan fingerprint density at radius 3 is 3.14 bits per heavy atom. The standard InChI is InChI=1S/C10H15N3O/c14-9(7-8-1-2-8)3-4-11-10-12-5-6-13-10/h1-2,8H,3-7H2,(H2,11,12,13). The van der Waals surface area contributed by atoms with E-state index in [9.17, 15) is 4.79 Å². The molecule has 0 spiro atoms. The maximum atomic E-state index is 11.3. The molecule has 0 atom stereocenters. The predicted octanol–water partition coefficient (Wildman–Crippen LogP) is 0.0705. The summed E-state index contributed by atoms with van der Waals surface area (Å²) in [7, 11) is 0. The van der Waals surface area contributed by atoms with Gasteiger partial charge in [-0.15, -0.1) is 0 Å². The Morgan fingerprint density at radius 2 is 2.50 bits per heavy atom. The van der Waals surface area contributed by atoms with Crippen LogP contribution < -0.4 is 10.6 Å². The van der Waals surface area contributed by atoms with Crippen molar-refractivity contribution in [1.82, 2.24) is 10.6 Å². The molecule has 0 saturated carbocycles. The molecule has 0 aromatic carbocycles. The van der Waals surface area contributed by atoms with Crippen LogP contribution >= 0.6 is 0 Å². The van der Waals surface area contributed by atoms with Crippen LogP contribution in [0.5, 0.6) is 0 Å². The highest BCUT2D eigenvalue weighted by Gasteiger charge is 2.15. The third-order valence-electron chi connectivity index (χ3n) is 2.30. The summed E-state index contributed by atoms with van der Waals surface area (Å²) in [5.74, 6) is 1.62. The number of Topliss-reactive ketones (excluding diaryl/α,β-unsaturated/α-hetero) is 1. The summed E-state index contributed by atoms with van der Waals surface area (Å²) in [5.41, 5.74) is 0. The number of aliphatic imine (C=N–C) groups is 1. The SMILES string of the molecule is O=C(CCNC1=NCCN1)CC1C=C1. The maximum Gasteiger partial charge on any atom is 0.191 e. The summed E-state index contributed by atoms with van der Waals surface area (Å²) in [5, 5.41) is 6.20. The van der Waals surface area contributed by atoms with E-state index in [1.165, 1.54) is 0 Å². The molecule has 14 heavy (non-hydrogen) atoms. The van der Waals surface area contributed by atoms with Gasteiger partial charge in [0, 0.05) is 31.8 Å². The number of hydrogen-bond acceptors (Lipinski definition) is 4. The van der Waals surface area contributed by atoms with Gasteiger partial charge >= 0.3 is 0 Å². The van der Waals surface area contributed by atoms with E-state index in [4.69, 9.17) is 0 Å². The Hall–Kier alpha value is -1.32. The van der Waals surface area contributed by atoms with Gasteiger partial charge in [0.1, 0.15) is 5.78 Å². The number of ketones is 1. The van der Waals surface area contributed by atoms with Gasteiger partial charge in [0.25, 0.3) is 0 Å². The molecular weight excluding hydrogens is 178 g/mol. The lowest BCUT2D eigenvalue weighted by molar-refractivity contribution is -0.119. The lowest BCUT2D eigenvalue weighted by atomic mass is 10.1. The third kappa shape index (κ3) is 2.87. The fourth-order valence-electron chi connectivity index (χ4n) is 1.42. The normalized spacial score (nSPS) is 19.0. The van der Waals surface area contributed by atoms with Crippen LogP contribution in [0.4, 0.5) is 0 Å². The number of carbonyl (C=O) groups excluding carboxylic acids is 1. The van der Waals surface area contributed by atoms with Gasteiger partial charge in [-0.3, -0.25) is 9.79 Å². The molecule has 2 aliphatic rings. The highest BCUT2D eigenvalue weighted by atomic mass is 16.1. The zero-order valence-electron chi connectivity index (χ0n) is 8.12. The van der Waals surface area contributed by atoms with Crippen molar-refractivity contribution in [2.45, 2.75) is 12.8 Å². The summed E-state index contributed by atoms with van der Waals surface area (Å²) in [4.78, 5) is 15.5. The van der Waals surface area contributed by atoms with Gasteiger partial charge in [0.2, 0.25) is 0 Å². The Labute approximate surface area is 83.5 Å². The van der Waals surface area contributed by atoms with Crippen molar-refractivity contribution in [1.29, 1.82) is 0 Å². The Balaban J connectivity index is 1.55. The van der Waals surface area contributed by atoms with E-state index < -0.39 is 0 Å². The van der Waals surface area contributed by atoms with Gasteiger partial charge < -0.3 is 10.6 Å². The van der Waals surface area contributed by atoms with Gasteiger partial charge in [-0.1, -0.05) is 12.2 Å². The van der Waals surface area contributed by atoms with Crippen LogP contribution in [0.2, 0.25) is 0 Å². The molecule has 0 fully saturated rings. The minimum Gasteiger partial charge on any atom is -0.356 e. The molecule has 0 bridgehead atoms. The number of nitrogens with zero attached hydrogens (tertiary/aromatic N) is 1. The molecular formula is C10H15N3O.